The molecule has 0 atom stereocenters. The second-order valence-corrected chi connectivity index (χ2v) is 1.75. The molecule has 0 unspecified atom stereocenters. The predicted octanol–water partition coefficient (Wildman–Crippen LogP) is 2.37. The van der Waals surface area contributed by atoms with E-state index >= 15 is 0 Å². The fourth-order valence-corrected chi connectivity index (χ4v) is 0.367. The lowest BCUT2D eigenvalue weighted by atomic mass is 10.2. The van der Waals surface area contributed by atoms with E-state index in [9.17, 15) is 13.2 Å². The van der Waals surface area contributed by atoms with E-state index in [1.165, 1.54) is 6.92 Å². The Morgan fingerprint density at radius 3 is 2.00 bits per heavy atom. The van der Waals surface area contributed by atoms with Crippen LogP contribution in [0.3, 0.4) is 0 Å². The van der Waals surface area contributed by atoms with Gasteiger partial charge in [-0.25, -0.2) is 0 Å². The van der Waals surface area contributed by atoms with Crippen molar-refractivity contribution >= 4 is 5.71 Å². The van der Waals surface area contributed by atoms with Crippen LogP contribution in [0.15, 0.2) is 0 Å². The fraction of sp³-hybridized carbons (Fsp3) is 0.800. The first-order chi connectivity index (χ1) is 3.95. The van der Waals surface area contributed by atoms with E-state index in [1.54, 1.807) is 0 Å². The number of rotatable bonds is 2. The van der Waals surface area contributed by atoms with E-state index in [4.69, 9.17) is 5.41 Å². The van der Waals surface area contributed by atoms with Crippen molar-refractivity contribution in [2.45, 2.75) is 25.9 Å². The fourth-order valence-electron chi connectivity index (χ4n) is 0.367. The zero-order valence-electron chi connectivity index (χ0n) is 5.05. The van der Waals surface area contributed by atoms with E-state index < -0.39 is 12.6 Å². The Labute approximate surface area is 51.4 Å². The van der Waals surface area contributed by atoms with E-state index in [-0.39, 0.29) is 12.1 Å². The first-order valence-corrected chi connectivity index (χ1v) is 2.58. The van der Waals surface area contributed by atoms with Gasteiger partial charge in [0.05, 0.1) is 6.42 Å². The van der Waals surface area contributed by atoms with Gasteiger partial charge in [-0.05, 0) is 6.42 Å². The Kier molecular flexibility index (Phi) is 2.67. The lowest BCUT2D eigenvalue weighted by Crippen LogP contribution is -2.13. The van der Waals surface area contributed by atoms with Crippen LogP contribution >= 0.6 is 0 Å². The molecule has 0 radical (unpaired) electrons. The number of nitrogens with one attached hydrogen (secondary N) is 1. The van der Waals surface area contributed by atoms with Crippen molar-refractivity contribution in [2.24, 2.45) is 0 Å². The van der Waals surface area contributed by atoms with Crippen molar-refractivity contribution in [1.82, 2.24) is 0 Å². The third-order valence-electron chi connectivity index (χ3n) is 0.841. The first kappa shape index (κ1) is 8.46. The molecule has 4 heteroatoms. The van der Waals surface area contributed by atoms with E-state index in [0.717, 1.165) is 0 Å². The topological polar surface area (TPSA) is 23.9 Å². The molecular weight excluding hydrogens is 131 g/mol. The Hall–Kier alpha value is -0.540. The third-order valence-corrected chi connectivity index (χ3v) is 0.841. The van der Waals surface area contributed by atoms with Gasteiger partial charge < -0.3 is 5.41 Å². The molecule has 9 heavy (non-hydrogen) atoms. The molecule has 0 aliphatic heterocycles. The molecule has 0 bridgehead atoms. The van der Waals surface area contributed by atoms with Crippen LogP contribution < -0.4 is 0 Å². The van der Waals surface area contributed by atoms with Gasteiger partial charge in [0.15, 0.2) is 0 Å². The summed E-state index contributed by atoms with van der Waals surface area (Å²) in [5.74, 6) is 0. The van der Waals surface area contributed by atoms with Crippen molar-refractivity contribution in [3.05, 3.63) is 0 Å². The third kappa shape index (κ3) is 5.33. The second-order valence-electron chi connectivity index (χ2n) is 1.75. The summed E-state index contributed by atoms with van der Waals surface area (Å²) in [6.07, 6.45) is -5.09. The van der Waals surface area contributed by atoms with Crippen molar-refractivity contribution < 1.29 is 13.2 Å². The van der Waals surface area contributed by atoms with Crippen molar-refractivity contribution in [2.75, 3.05) is 0 Å². The van der Waals surface area contributed by atoms with Crippen LogP contribution in [0.4, 0.5) is 13.2 Å². The van der Waals surface area contributed by atoms with Gasteiger partial charge in [0, 0.05) is 5.71 Å². The molecule has 0 aliphatic carbocycles. The summed E-state index contributed by atoms with van der Waals surface area (Å²) in [6.45, 7) is 1.54. The number of alkyl halides is 3. The predicted molar refractivity (Wildman–Crippen MR) is 28.7 cm³/mol. The zero-order chi connectivity index (χ0) is 7.49. The van der Waals surface area contributed by atoms with Crippen LogP contribution in [0.1, 0.15) is 19.8 Å². The quantitative estimate of drug-likeness (QED) is 0.568. The van der Waals surface area contributed by atoms with Crippen LogP contribution in [0.2, 0.25) is 0 Å². The molecule has 1 N–H and O–H groups in total. The molecule has 54 valence electrons. The summed E-state index contributed by atoms with van der Waals surface area (Å²) in [5, 5.41) is 6.67. The maximum Gasteiger partial charge on any atom is 0.394 e. The van der Waals surface area contributed by atoms with Crippen molar-refractivity contribution in [3.8, 4) is 0 Å². The van der Waals surface area contributed by atoms with Gasteiger partial charge in [-0.3, -0.25) is 0 Å². The smallest absolute Gasteiger partial charge is 0.309 e. The molecule has 0 heterocycles. The highest BCUT2D eigenvalue weighted by Gasteiger charge is 2.28. The highest BCUT2D eigenvalue weighted by atomic mass is 19.4. The Morgan fingerprint density at radius 1 is 1.44 bits per heavy atom. The molecule has 0 amide bonds. The summed E-state index contributed by atoms with van der Waals surface area (Å²) >= 11 is 0. The highest BCUT2D eigenvalue weighted by molar-refractivity contribution is 5.81. The minimum Gasteiger partial charge on any atom is -0.309 e. The Bertz CT molecular complexity index is 105. The SMILES string of the molecule is CCC(=N)CC(F)(F)F. The van der Waals surface area contributed by atoms with Crippen LogP contribution in [-0.2, 0) is 0 Å². The minimum absolute atomic E-state index is 0.180. The number of halogens is 3. The van der Waals surface area contributed by atoms with Gasteiger partial charge in [-0.15, -0.1) is 0 Å². The Morgan fingerprint density at radius 2 is 1.89 bits per heavy atom. The maximum absolute atomic E-state index is 11.4. The molecule has 0 aromatic rings. The van der Waals surface area contributed by atoms with Crippen LogP contribution in [0.5, 0.6) is 0 Å². The van der Waals surface area contributed by atoms with Gasteiger partial charge in [-0.1, -0.05) is 6.92 Å². The molecular formula is C5H8F3N. The maximum atomic E-state index is 11.4. The molecule has 1 nitrogen and oxygen atoms in total. The molecule has 0 saturated carbocycles. The van der Waals surface area contributed by atoms with E-state index in [2.05, 4.69) is 0 Å². The van der Waals surface area contributed by atoms with E-state index in [1.807, 2.05) is 0 Å². The molecule has 0 aromatic carbocycles. The molecule has 0 fully saturated rings. The average molecular weight is 139 g/mol. The van der Waals surface area contributed by atoms with Crippen LogP contribution in [-0.4, -0.2) is 11.9 Å². The lowest BCUT2D eigenvalue weighted by Gasteiger charge is -2.04. The summed E-state index contributed by atoms with van der Waals surface area (Å²) in [7, 11) is 0. The van der Waals surface area contributed by atoms with Crippen molar-refractivity contribution in [1.29, 1.82) is 5.41 Å². The molecule has 0 aliphatic rings. The molecule has 0 saturated heterocycles. The summed E-state index contributed by atoms with van der Waals surface area (Å²) in [6, 6.07) is 0. The molecule has 0 rings (SSSR count). The number of hydrogen-bond acceptors (Lipinski definition) is 1. The van der Waals surface area contributed by atoms with Gasteiger partial charge in [0.25, 0.3) is 0 Å². The van der Waals surface area contributed by atoms with Gasteiger partial charge in [0.1, 0.15) is 0 Å². The normalized spacial score (nSPS) is 11.6. The van der Waals surface area contributed by atoms with Gasteiger partial charge in [-0.2, -0.15) is 13.2 Å². The first-order valence-electron chi connectivity index (χ1n) is 2.58. The largest absolute Gasteiger partial charge is 0.394 e. The average Bonchev–Trinajstić information content (AvgIpc) is 1.62. The van der Waals surface area contributed by atoms with E-state index in [0.29, 0.717) is 0 Å². The lowest BCUT2D eigenvalue weighted by molar-refractivity contribution is -0.121. The minimum atomic E-state index is -4.20. The second kappa shape index (κ2) is 2.85. The standard InChI is InChI=1S/C5H8F3N/c1-2-4(9)3-5(6,7)8/h9H,2-3H2,1H3. The van der Waals surface area contributed by atoms with Gasteiger partial charge >= 0.3 is 6.18 Å². The molecule has 0 aromatic heterocycles. The van der Waals surface area contributed by atoms with Crippen LogP contribution in [0.25, 0.3) is 0 Å². The number of hydrogen-bond donors (Lipinski definition) is 1. The summed E-state index contributed by atoms with van der Waals surface area (Å²) < 4.78 is 34.1. The molecule has 0 spiro atoms. The Balaban J connectivity index is 3.60. The highest BCUT2D eigenvalue weighted by Crippen LogP contribution is 2.20. The van der Waals surface area contributed by atoms with Crippen LogP contribution in [0, 0.1) is 5.41 Å². The summed E-state index contributed by atoms with van der Waals surface area (Å²) in [5.41, 5.74) is -0.262. The monoisotopic (exact) mass is 139 g/mol. The van der Waals surface area contributed by atoms with Gasteiger partial charge in [0.2, 0.25) is 0 Å². The van der Waals surface area contributed by atoms with Crippen molar-refractivity contribution in [3.63, 3.8) is 0 Å². The summed E-state index contributed by atoms with van der Waals surface area (Å²) in [4.78, 5) is 0. The zero-order valence-corrected chi connectivity index (χ0v) is 5.05.